The zero-order chi connectivity index (χ0) is 15.0. The quantitative estimate of drug-likeness (QED) is 0.874. The van der Waals surface area contributed by atoms with E-state index in [9.17, 15) is 13.2 Å². The van der Waals surface area contributed by atoms with E-state index in [4.69, 9.17) is 5.73 Å². The van der Waals surface area contributed by atoms with Gasteiger partial charge in [-0.05, 0) is 36.2 Å². The molecule has 0 radical (unpaired) electrons. The van der Waals surface area contributed by atoms with Crippen LogP contribution in [0.5, 0.6) is 0 Å². The monoisotopic (exact) mass is 302 g/mol. The summed E-state index contributed by atoms with van der Waals surface area (Å²) in [4.78, 5) is 12.3. The minimum Gasteiger partial charge on any atom is -0.399 e. The second kappa shape index (κ2) is 4.89. The SMILES string of the molecule is Nc1ccc(CCN2C(=O)c3ccccc3S2(=O)=O)cc1. The van der Waals surface area contributed by atoms with Gasteiger partial charge < -0.3 is 5.73 Å². The van der Waals surface area contributed by atoms with Gasteiger partial charge in [0.15, 0.2) is 0 Å². The number of anilines is 1. The Morgan fingerprint density at radius 2 is 1.67 bits per heavy atom. The Bertz CT molecular complexity index is 798. The largest absolute Gasteiger partial charge is 0.399 e. The lowest BCUT2D eigenvalue weighted by Gasteiger charge is -2.14. The van der Waals surface area contributed by atoms with E-state index in [1.54, 1.807) is 30.3 Å². The molecule has 0 spiro atoms. The Balaban J connectivity index is 1.84. The molecule has 0 fully saturated rings. The van der Waals surface area contributed by atoms with Crippen molar-refractivity contribution >= 4 is 21.6 Å². The van der Waals surface area contributed by atoms with Crippen molar-refractivity contribution < 1.29 is 13.2 Å². The summed E-state index contributed by atoms with van der Waals surface area (Å²) in [7, 11) is -3.71. The molecular formula is C15H14N2O3S. The van der Waals surface area contributed by atoms with Crippen molar-refractivity contribution in [3.8, 4) is 0 Å². The molecule has 1 aliphatic rings. The zero-order valence-corrected chi connectivity index (χ0v) is 12.0. The highest BCUT2D eigenvalue weighted by atomic mass is 32.2. The number of sulfonamides is 1. The maximum absolute atomic E-state index is 12.4. The molecule has 2 aromatic rings. The van der Waals surface area contributed by atoms with Crippen molar-refractivity contribution in [1.29, 1.82) is 0 Å². The van der Waals surface area contributed by atoms with Gasteiger partial charge in [0.1, 0.15) is 4.90 Å². The summed E-state index contributed by atoms with van der Waals surface area (Å²) in [5.41, 5.74) is 7.43. The molecule has 2 N–H and O–H groups in total. The third kappa shape index (κ3) is 2.27. The van der Waals surface area contributed by atoms with E-state index >= 15 is 0 Å². The first-order valence-corrected chi connectivity index (χ1v) is 7.94. The fraction of sp³-hybridized carbons (Fsp3) is 0.133. The van der Waals surface area contributed by atoms with Crippen molar-refractivity contribution in [2.75, 3.05) is 12.3 Å². The first-order valence-electron chi connectivity index (χ1n) is 6.50. The van der Waals surface area contributed by atoms with Gasteiger partial charge >= 0.3 is 0 Å². The molecule has 6 heteroatoms. The molecule has 0 saturated heterocycles. The van der Waals surface area contributed by atoms with Crippen molar-refractivity contribution in [1.82, 2.24) is 4.31 Å². The molecule has 0 unspecified atom stereocenters. The molecule has 1 heterocycles. The first kappa shape index (κ1) is 13.6. The Morgan fingerprint density at radius 3 is 2.33 bits per heavy atom. The number of fused-ring (bicyclic) bond motifs is 1. The van der Waals surface area contributed by atoms with Crippen LogP contribution in [-0.4, -0.2) is 25.2 Å². The van der Waals surface area contributed by atoms with Gasteiger partial charge in [-0.3, -0.25) is 4.79 Å². The third-order valence-electron chi connectivity index (χ3n) is 3.50. The number of carbonyl (C=O) groups excluding carboxylic acids is 1. The van der Waals surface area contributed by atoms with Crippen LogP contribution in [-0.2, 0) is 16.4 Å². The van der Waals surface area contributed by atoms with Crippen molar-refractivity contribution in [3.63, 3.8) is 0 Å². The van der Waals surface area contributed by atoms with Crippen LogP contribution in [0.15, 0.2) is 53.4 Å². The fourth-order valence-corrected chi connectivity index (χ4v) is 3.94. The number of nitrogens with zero attached hydrogens (tertiary/aromatic N) is 1. The maximum atomic E-state index is 12.4. The zero-order valence-electron chi connectivity index (χ0n) is 11.2. The van der Waals surface area contributed by atoms with Gasteiger partial charge in [-0.15, -0.1) is 0 Å². The number of rotatable bonds is 3. The van der Waals surface area contributed by atoms with E-state index in [0.29, 0.717) is 12.1 Å². The highest BCUT2D eigenvalue weighted by Crippen LogP contribution is 2.29. The Morgan fingerprint density at radius 1 is 1.00 bits per heavy atom. The van der Waals surface area contributed by atoms with E-state index in [-0.39, 0.29) is 17.0 Å². The number of hydrogen-bond acceptors (Lipinski definition) is 4. The maximum Gasteiger partial charge on any atom is 0.269 e. The highest BCUT2D eigenvalue weighted by Gasteiger charge is 2.40. The van der Waals surface area contributed by atoms with Crippen LogP contribution in [0.2, 0.25) is 0 Å². The average molecular weight is 302 g/mol. The molecule has 21 heavy (non-hydrogen) atoms. The number of nitrogen functional groups attached to an aromatic ring is 1. The Labute approximate surface area is 123 Å². The van der Waals surface area contributed by atoms with Crippen LogP contribution in [0.4, 0.5) is 5.69 Å². The van der Waals surface area contributed by atoms with Crippen LogP contribution < -0.4 is 5.73 Å². The highest BCUT2D eigenvalue weighted by molar-refractivity contribution is 7.90. The number of hydrogen-bond donors (Lipinski definition) is 1. The van der Waals surface area contributed by atoms with Crippen LogP contribution in [0.3, 0.4) is 0 Å². The smallest absolute Gasteiger partial charge is 0.269 e. The van der Waals surface area contributed by atoms with Crippen molar-refractivity contribution in [3.05, 3.63) is 59.7 Å². The van der Waals surface area contributed by atoms with Crippen LogP contribution >= 0.6 is 0 Å². The molecule has 108 valence electrons. The molecule has 0 aliphatic carbocycles. The average Bonchev–Trinajstić information content (AvgIpc) is 2.67. The molecule has 5 nitrogen and oxygen atoms in total. The van der Waals surface area contributed by atoms with Crippen LogP contribution in [0.1, 0.15) is 15.9 Å². The topological polar surface area (TPSA) is 80.5 Å². The minimum atomic E-state index is -3.71. The fourth-order valence-electron chi connectivity index (χ4n) is 2.37. The van der Waals surface area contributed by atoms with Crippen molar-refractivity contribution in [2.45, 2.75) is 11.3 Å². The van der Waals surface area contributed by atoms with E-state index in [2.05, 4.69) is 0 Å². The summed E-state index contributed by atoms with van der Waals surface area (Å²) in [5.74, 6) is -0.457. The van der Waals surface area contributed by atoms with Gasteiger partial charge in [0, 0.05) is 12.2 Å². The van der Waals surface area contributed by atoms with Gasteiger partial charge in [-0.25, -0.2) is 12.7 Å². The molecule has 0 bridgehead atoms. The van der Waals surface area contributed by atoms with Gasteiger partial charge in [0.05, 0.1) is 5.56 Å². The predicted molar refractivity (Wildman–Crippen MR) is 79.2 cm³/mol. The predicted octanol–water partition coefficient (Wildman–Crippen LogP) is 1.66. The molecule has 2 aromatic carbocycles. The summed E-state index contributed by atoms with van der Waals surface area (Å²) < 4.78 is 25.6. The Hall–Kier alpha value is -2.34. The third-order valence-corrected chi connectivity index (χ3v) is 5.34. The van der Waals surface area contributed by atoms with E-state index in [0.717, 1.165) is 9.87 Å². The lowest BCUT2D eigenvalue weighted by molar-refractivity contribution is 0.0872. The van der Waals surface area contributed by atoms with E-state index < -0.39 is 15.9 Å². The van der Waals surface area contributed by atoms with Gasteiger partial charge in [-0.2, -0.15) is 0 Å². The molecule has 3 rings (SSSR count). The normalized spacial score (nSPS) is 16.0. The lowest BCUT2D eigenvalue weighted by Crippen LogP contribution is -2.32. The summed E-state index contributed by atoms with van der Waals surface area (Å²) >= 11 is 0. The summed E-state index contributed by atoms with van der Waals surface area (Å²) in [5, 5.41) is 0. The van der Waals surface area contributed by atoms with Gasteiger partial charge in [0.25, 0.3) is 15.9 Å². The lowest BCUT2D eigenvalue weighted by atomic mass is 10.1. The minimum absolute atomic E-state index is 0.0901. The van der Waals surface area contributed by atoms with Crippen molar-refractivity contribution in [2.24, 2.45) is 0 Å². The Kier molecular flexibility index (Phi) is 3.17. The number of benzene rings is 2. The number of carbonyl (C=O) groups is 1. The van der Waals surface area contributed by atoms with E-state index in [1.165, 1.54) is 6.07 Å². The number of nitrogens with two attached hydrogens (primary N) is 1. The first-order chi connectivity index (χ1) is 10.00. The second-order valence-corrected chi connectivity index (χ2v) is 6.70. The van der Waals surface area contributed by atoms with Crippen LogP contribution in [0.25, 0.3) is 0 Å². The molecule has 0 atom stereocenters. The molecule has 1 amide bonds. The standard InChI is InChI=1S/C15H14N2O3S/c16-12-7-5-11(6-8-12)9-10-17-15(18)13-3-1-2-4-14(13)21(17,19)20/h1-8H,9-10,16H2. The molecule has 0 aromatic heterocycles. The van der Waals surface area contributed by atoms with Gasteiger partial charge in [-0.1, -0.05) is 24.3 Å². The number of amides is 1. The van der Waals surface area contributed by atoms with Gasteiger partial charge in [0.2, 0.25) is 0 Å². The molecule has 0 saturated carbocycles. The van der Waals surface area contributed by atoms with E-state index in [1.807, 2.05) is 12.1 Å². The summed E-state index contributed by atoms with van der Waals surface area (Å²) in [6, 6.07) is 13.5. The molecular weight excluding hydrogens is 288 g/mol. The molecule has 1 aliphatic heterocycles. The van der Waals surface area contributed by atoms with Crippen LogP contribution in [0, 0.1) is 0 Å². The summed E-state index contributed by atoms with van der Waals surface area (Å²) in [6.07, 6.45) is 0.458. The summed E-state index contributed by atoms with van der Waals surface area (Å²) in [6.45, 7) is 0.125. The second-order valence-electron chi connectivity index (χ2n) is 4.87.